The molecule has 0 bridgehead atoms. The van der Waals surface area contributed by atoms with Crippen LogP contribution in [0.5, 0.6) is 0 Å². The topological polar surface area (TPSA) is 53.4 Å². The van der Waals surface area contributed by atoms with E-state index < -0.39 is 5.97 Å². The average Bonchev–Trinajstić information content (AvgIpc) is 3.10. The first-order valence-electron chi connectivity index (χ1n) is 6.67. The Morgan fingerprint density at radius 1 is 1.40 bits per heavy atom. The van der Waals surface area contributed by atoms with Crippen LogP contribution in [0.25, 0.3) is 10.6 Å². The first-order valence-corrected chi connectivity index (χ1v) is 7.55. The van der Waals surface area contributed by atoms with Gasteiger partial charge in [0.1, 0.15) is 5.01 Å². The third kappa shape index (κ3) is 2.89. The van der Waals surface area contributed by atoms with Gasteiger partial charge in [0, 0.05) is 24.0 Å². The number of hydrogen-bond donors (Lipinski definition) is 1. The number of likely N-dealkylation sites (tertiary alicyclic amines) is 1. The SMILES string of the molecule is O=C(O)C1CCN(Cc2csc(-c3ccccc3)n2)C1. The van der Waals surface area contributed by atoms with Gasteiger partial charge in [0.25, 0.3) is 0 Å². The summed E-state index contributed by atoms with van der Waals surface area (Å²) < 4.78 is 0. The summed E-state index contributed by atoms with van der Waals surface area (Å²) in [4.78, 5) is 17.8. The van der Waals surface area contributed by atoms with E-state index >= 15 is 0 Å². The number of carboxylic acid groups (broad SMARTS) is 1. The lowest BCUT2D eigenvalue weighted by molar-refractivity contribution is -0.141. The highest BCUT2D eigenvalue weighted by Gasteiger charge is 2.28. The Morgan fingerprint density at radius 3 is 2.90 bits per heavy atom. The molecule has 0 aliphatic carbocycles. The highest BCUT2D eigenvalue weighted by Crippen LogP contribution is 2.25. The molecule has 0 spiro atoms. The van der Waals surface area contributed by atoms with Gasteiger partial charge in [-0.3, -0.25) is 9.69 Å². The number of benzene rings is 1. The minimum Gasteiger partial charge on any atom is -0.481 e. The van der Waals surface area contributed by atoms with Crippen LogP contribution in [-0.2, 0) is 11.3 Å². The molecule has 4 nitrogen and oxygen atoms in total. The molecular formula is C15H16N2O2S. The van der Waals surface area contributed by atoms with Gasteiger partial charge in [-0.25, -0.2) is 4.98 Å². The van der Waals surface area contributed by atoms with Crippen molar-refractivity contribution in [3.8, 4) is 10.6 Å². The van der Waals surface area contributed by atoms with Crippen LogP contribution >= 0.6 is 11.3 Å². The number of carboxylic acids is 1. The first-order chi connectivity index (χ1) is 9.72. The molecule has 1 aliphatic heterocycles. The quantitative estimate of drug-likeness (QED) is 0.940. The maximum atomic E-state index is 10.9. The van der Waals surface area contributed by atoms with Crippen LogP contribution in [0.1, 0.15) is 12.1 Å². The average molecular weight is 288 g/mol. The molecule has 0 saturated carbocycles. The molecule has 5 heteroatoms. The maximum Gasteiger partial charge on any atom is 0.307 e. The largest absolute Gasteiger partial charge is 0.481 e. The van der Waals surface area contributed by atoms with Crippen LogP contribution in [0, 0.1) is 5.92 Å². The summed E-state index contributed by atoms with van der Waals surface area (Å²) in [5.41, 5.74) is 2.16. The third-order valence-electron chi connectivity index (χ3n) is 3.58. The van der Waals surface area contributed by atoms with Crippen LogP contribution in [0.4, 0.5) is 0 Å². The van der Waals surface area contributed by atoms with Crippen LogP contribution in [-0.4, -0.2) is 34.0 Å². The summed E-state index contributed by atoms with van der Waals surface area (Å²) in [6, 6.07) is 10.1. The zero-order chi connectivity index (χ0) is 13.9. The van der Waals surface area contributed by atoms with E-state index in [-0.39, 0.29) is 5.92 Å². The second-order valence-corrected chi connectivity index (χ2v) is 5.93. The lowest BCUT2D eigenvalue weighted by Crippen LogP contribution is -2.22. The van der Waals surface area contributed by atoms with Crippen molar-refractivity contribution >= 4 is 17.3 Å². The van der Waals surface area contributed by atoms with Gasteiger partial charge in [-0.05, 0) is 13.0 Å². The Bertz CT molecular complexity index is 597. The number of carbonyl (C=O) groups is 1. The highest BCUT2D eigenvalue weighted by molar-refractivity contribution is 7.13. The molecule has 0 radical (unpaired) electrons. The molecule has 1 unspecified atom stereocenters. The number of aromatic nitrogens is 1. The second-order valence-electron chi connectivity index (χ2n) is 5.07. The monoisotopic (exact) mass is 288 g/mol. The fourth-order valence-electron chi connectivity index (χ4n) is 2.50. The van der Waals surface area contributed by atoms with Gasteiger partial charge in [0.2, 0.25) is 0 Å². The predicted molar refractivity (Wildman–Crippen MR) is 78.6 cm³/mol. The number of hydrogen-bond acceptors (Lipinski definition) is 4. The molecule has 2 aromatic rings. The molecule has 1 aromatic heterocycles. The number of aliphatic carboxylic acids is 1. The van der Waals surface area contributed by atoms with Gasteiger partial charge in [0.15, 0.2) is 0 Å². The van der Waals surface area contributed by atoms with Gasteiger partial charge in [-0.1, -0.05) is 30.3 Å². The normalized spacial score (nSPS) is 19.3. The summed E-state index contributed by atoms with van der Waals surface area (Å²) in [6.45, 7) is 2.22. The molecule has 2 heterocycles. The van der Waals surface area contributed by atoms with Gasteiger partial charge in [-0.15, -0.1) is 11.3 Å². The third-order valence-corrected chi connectivity index (χ3v) is 4.52. The molecule has 1 aromatic carbocycles. The lowest BCUT2D eigenvalue weighted by Gasteiger charge is -2.12. The fraction of sp³-hybridized carbons (Fsp3) is 0.333. The Morgan fingerprint density at radius 2 is 2.20 bits per heavy atom. The lowest BCUT2D eigenvalue weighted by atomic mass is 10.1. The number of thiazole rings is 1. The van der Waals surface area contributed by atoms with E-state index in [9.17, 15) is 4.79 Å². The molecule has 0 amide bonds. The fourth-order valence-corrected chi connectivity index (χ4v) is 3.32. The van der Waals surface area contributed by atoms with E-state index in [1.165, 1.54) is 0 Å². The van der Waals surface area contributed by atoms with Crippen LogP contribution < -0.4 is 0 Å². The van der Waals surface area contributed by atoms with Crippen molar-refractivity contribution in [1.29, 1.82) is 0 Å². The van der Waals surface area contributed by atoms with Crippen molar-refractivity contribution in [3.63, 3.8) is 0 Å². The van der Waals surface area contributed by atoms with Crippen molar-refractivity contribution in [2.75, 3.05) is 13.1 Å². The maximum absolute atomic E-state index is 10.9. The minimum absolute atomic E-state index is 0.220. The van der Waals surface area contributed by atoms with E-state index in [0.29, 0.717) is 6.54 Å². The van der Waals surface area contributed by atoms with Gasteiger partial charge >= 0.3 is 5.97 Å². The van der Waals surface area contributed by atoms with E-state index in [0.717, 1.165) is 35.8 Å². The van der Waals surface area contributed by atoms with E-state index in [1.807, 2.05) is 18.2 Å². The van der Waals surface area contributed by atoms with Gasteiger partial charge < -0.3 is 5.11 Å². The molecule has 1 aliphatic rings. The standard InChI is InChI=1S/C15H16N2O2S/c18-15(19)12-6-7-17(8-12)9-13-10-20-14(16-13)11-4-2-1-3-5-11/h1-5,10,12H,6-9H2,(H,18,19). The number of rotatable bonds is 4. The predicted octanol–water partition coefficient (Wildman–Crippen LogP) is 2.72. The van der Waals surface area contributed by atoms with Crippen LogP contribution in [0.15, 0.2) is 35.7 Å². The van der Waals surface area contributed by atoms with Crippen molar-refractivity contribution in [2.24, 2.45) is 5.92 Å². The zero-order valence-corrected chi connectivity index (χ0v) is 11.8. The van der Waals surface area contributed by atoms with E-state index in [4.69, 9.17) is 5.11 Å². The van der Waals surface area contributed by atoms with E-state index in [1.54, 1.807) is 11.3 Å². The summed E-state index contributed by atoms with van der Waals surface area (Å²) in [7, 11) is 0. The van der Waals surface area contributed by atoms with Crippen molar-refractivity contribution in [3.05, 3.63) is 41.4 Å². The van der Waals surface area contributed by atoms with Gasteiger partial charge in [-0.2, -0.15) is 0 Å². The summed E-state index contributed by atoms with van der Waals surface area (Å²) in [6.07, 6.45) is 0.741. The molecule has 1 fully saturated rings. The highest BCUT2D eigenvalue weighted by atomic mass is 32.1. The molecule has 20 heavy (non-hydrogen) atoms. The van der Waals surface area contributed by atoms with Crippen molar-refractivity contribution < 1.29 is 9.90 Å². The van der Waals surface area contributed by atoms with Gasteiger partial charge in [0.05, 0.1) is 11.6 Å². The van der Waals surface area contributed by atoms with Crippen LogP contribution in [0.3, 0.4) is 0 Å². The molecule has 1 saturated heterocycles. The first kappa shape index (κ1) is 13.3. The Hall–Kier alpha value is -1.72. The molecule has 1 atom stereocenters. The smallest absolute Gasteiger partial charge is 0.307 e. The Labute approximate surface area is 121 Å². The van der Waals surface area contributed by atoms with Crippen LogP contribution in [0.2, 0.25) is 0 Å². The second kappa shape index (κ2) is 5.73. The Kier molecular flexibility index (Phi) is 3.80. The molecule has 104 valence electrons. The van der Waals surface area contributed by atoms with Crippen molar-refractivity contribution in [2.45, 2.75) is 13.0 Å². The molecule has 1 N–H and O–H groups in total. The molecule has 3 rings (SSSR count). The summed E-state index contributed by atoms with van der Waals surface area (Å²) >= 11 is 1.64. The summed E-state index contributed by atoms with van der Waals surface area (Å²) in [5, 5.41) is 12.1. The zero-order valence-electron chi connectivity index (χ0n) is 11.0. The summed E-state index contributed by atoms with van der Waals surface area (Å²) in [5.74, 6) is -0.905. The number of nitrogens with zero attached hydrogens (tertiary/aromatic N) is 2. The van der Waals surface area contributed by atoms with Crippen molar-refractivity contribution in [1.82, 2.24) is 9.88 Å². The Balaban J connectivity index is 1.65. The van der Waals surface area contributed by atoms with E-state index in [2.05, 4.69) is 27.4 Å². The molecular weight excluding hydrogens is 272 g/mol. The minimum atomic E-state index is -0.684.